The van der Waals surface area contributed by atoms with Crippen LogP contribution < -0.4 is 0 Å². The van der Waals surface area contributed by atoms with Crippen molar-refractivity contribution >= 4 is 15.9 Å². The molecule has 0 aromatic carbocycles. The third-order valence-electron chi connectivity index (χ3n) is 2.23. The highest BCUT2D eigenvalue weighted by Gasteiger charge is 2.21. The molecule has 1 aromatic rings. The van der Waals surface area contributed by atoms with Crippen molar-refractivity contribution in [3.8, 4) is 12.3 Å². The van der Waals surface area contributed by atoms with Crippen molar-refractivity contribution in [2.24, 2.45) is 0 Å². The largest absolute Gasteiger partial charge is 0.347 e. The lowest BCUT2D eigenvalue weighted by molar-refractivity contribution is 0.207. The molecule has 1 heterocycles. The van der Waals surface area contributed by atoms with Crippen LogP contribution in [0.15, 0.2) is 24.1 Å². The molecule has 0 aliphatic rings. The molecule has 0 atom stereocenters. The van der Waals surface area contributed by atoms with Gasteiger partial charge in [-0.2, -0.15) is 4.68 Å². The maximum absolute atomic E-state index is 12.0. The Kier molecular flexibility index (Phi) is 4.83. The number of aromatic nitrogens is 3. The number of terminal acetylenes is 1. The summed E-state index contributed by atoms with van der Waals surface area (Å²) >= 11 is 0. The zero-order chi connectivity index (χ0) is 14.5. The highest BCUT2D eigenvalue weighted by Crippen LogP contribution is 2.04. The van der Waals surface area contributed by atoms with Gasteiger partial charge in [-0.1, -0.05) is 18.9 Å². The van der Waals surface area contributed by atoms with Crippen molar-refractivity contribution in [2.75, 3.05) is 18.8 Å². The molecule has 0 spiro atoms. The Morgan fingerprint density at radius 2 is 2.37 bits per heavy atom. The number of nitrogens with zero attached hydrogens (tertiary/aromatic N) is 4. The number of hydrogen-bond donors (Lipinski definition) is 0. The predicted octanol–water partition coefficient (Wildman–Crippen LogP) is 0.161. The quantitative estimate of drug-likeness (QED) is 0.567. The number of carbonyl (C=O) groups excluding carboxylic acids is 1. The zero-order valence-corrected chi connectivity index (χ0v) is 11.3. The SMILES string of the molecule is C#CCN(CC=C)C(=O)n1cnc(S(=O)(=O)CC)n1. The highest BCUT2D eigenvalue weighted by molar-refractivity contribution is 7.91. The number of carbonyl (C=O) groups is 1. The molecule has 0 aliphatic heterocycles. The first-order chi connectivity index (χ1) is 8.96. The molecule has 1 aromatic heterocycles. The van der Waals surface area contributed by atoms with Gasteiger partial charge in [-0.05, 0) is 0 Å². The van der Waals surface area contributed by atoms with Crippen LogP contribution in [0.4, 0.5) is 4.79 Å². The molecule has 0 N–H and O–H groups in total. The van der Waals surface area contributed by atoms with E-state index in [4.69, 9.17) is 6.42 Å². The fourth-order valence-electron chi connectivity index (χ4n) is 1.23. The Morgan fingerprint density at radius 1 is 1.68 bits per heavy atom. The number of amides is 1. The second kappa shape index (κ2) is 6.15. The molecule has 0 saturated heterocycles. The summed E-state index contributed by atoms with van der Waals surface area (Å²) < 4.78 is 23.9. The summed E-state index contributed by atoms with van der Waals surface area (Å²) in [5.74, 6) is 2.20. The van der Waals surface area contributed by atoms with Gasteiger partial charge in [0.25, 0.3) is 5.16 Å². The Bertz CT molecular complexity index is 612. The molecule has 0 bridgehead atoms. The van der Waals surface area contributed by atoms with Crippen LogP contribution in [0, 0.1) is 12.3 Å². The number of rotatable bonds is 5. The fourth-order valence-corrected chi connectivity index (χ4v) is 1.91. The first kappa shape index (κ1) is 14.9. The van der Waals surface area contributed by atoms with Gasteiger partial charge in [-0.25, -0.2) is 18.2 Å². The van der Waals surface area contributed by atoms with Crippen molar-refractivity contribution in [3.63, 3.8) is 0 Å². The first-order valence-electron chi connectivity index (χ1n) is 5.44. The Labute approximate surface area is 111 Å². The molecule has 19 heavy (non-hydrogen) atoms. The van der Waals surface area contributed by atoms with Crippen LogP contribution in [0.2, 0.25) is 0 Å². The van der Waals surface area contributed by atoms with Crippen LogP contribution in [-0.4, -0.2) is 53.0 Å². The summed E-state index contributed by atoms with van der Waals surface area (Å²) in [6.45, 7) is 5.29. The minimum Gasteiger partial charge on any atom is -0.308 e. The van der Waals surface area contributed by atoms with E-state index < -0.39 is 15.9 Å². The van der Waals surface area contributed by atoms with Gasteiger partial charge in [0.05, 0.1) is 12.3 Å². The van der Waals surface area contributed by atoms with Crippen LogP contribution in [0.3, 0.4) is 0 Å². The minimum absolute atomic E-state index is 0.0700. The van der Waals surface area contributed by atoms with Gasteiger partial charge in [0.1, 0.15) is 6.33 Å². The zero-order valence-electron chi connectivity index (χ0n) is 10.5. The van der Waals surface area contributed by atoms with Crippen LogP contribution in [0.5, 0.6) is 0 Å². The second-order valence-corrected chi connectivity index (χ2v) is 5.70. The van der Waals surface area contributed by atoms with Crippen molar-refractivity contribution in [3.05, 3.63) is 19.0 Å². The molecule has 102 valence electrons. The summed E-state index contributed by atoms with van der Waals surface area (Å²) in [4.78, 5) is 16.9. The van der Waals surface area contributed by atoms with Gasteiger partial charge in [-0.3, -0.25) is 0 Å². The van der Waals surface area contributed by atoms with Gasteiger partial charge < -0.3 is 4.90 Å². The summed E-state index contributed by atoms with van der Waals surface area (Å²) in [7, 11) is -3.54. The van der Waals surface area contributed by atoms with E-state index in [1.54, 1.807) is 0 Å². The molecule has 7 nitrogen and oxygen atoms in total. The van der Waals surface area contributed by atoms with Crippen molar-refractivity contribution in [2.45, 2.75) is 12.1 Å². The summed E-state index contributed by atoms with van der Waals surface area (Å²) in [5, 5.41) is 3.29. The monoisotopic (exact) mass is 282 g/mol. The normalized spacial score (nSPS) is 10.7. The van der Waals surface area contributed by atoms with Crippen LogP contribution >= 0.6 is 0 Å². The van der Waals surface area contributed by atoms with Crippen molar-refractivity contribution in [1.82, 2.24) is 19.7 Å². The van der Waals surface area contributed by atoms with E-state index in [-0.39, 0.29) is 24.0 Å². The van der Waals surface area contributed by atoms with E-state index in [9.17, 15) is 13.2 Å². The smallest absolute Gasteiger partial charge is 0.308 e. The minimum atomic E-state index is -3.54. The molecule has 0 aliphatic carbocycles. The lowest BCUT2D eigenvalue weighted by Gasteiger charge is -2.16. The Hall–Kier alpha value is -2.14. The maximum atomic E-state index is 12.0. The average Bonchev–Trinajstić information content (AvgIpc) is 2.88. The molecule has 0 saturated carbocycles. The summed E-state index contributed by atoms with van der Waals surface area (Å²) in [6.07, 6.45) is 7.72. The summed E-state index contributed by atoms with van der Waals surface area (Å²) in [6, 6.07) is -0.553. The second-order valence-electron chi connectivity index (χ2n) is 3.53. The van der Waals surface area contributed by atoms with Gasteiger partial charge in [-0.15, -0.1) is 18.1 Å². The standard InChI is InChI=1S/C11H14N4O3S/c1-4-7-14(8-5-2)11(16)15-9-12-10(13-15)19(17,18)6-3/h1,5,9H,2,6-8H2,3H3. The molecule has 0 radical (unpaired) electrons. The van der Waals surface area contributed by atoms with Gasteiger partial charge >= 0.3 is 6.03 Å². The Morgan fingerprint density at radius 3 is 2.89 bits per heavy atom. The Balaban J connectivity index is 3.01. The van der Waals surface area contributed by atoms with Crippen molar-refractivity contribution < 1.29 is 13.2 Å². The topological polar surface area (TPSA) is 85.2 Å². The van der Waals surface area contributed by atoms with E-state index in [0.717, 1.165) is 11.0 Å². The van der Waals surface area contributed by atoms with E-state index in [0.29, 0.717) is 0 Å². The van der Waals surface area contributed by atoms with Gasteiger partial charge in [0.15, 0.2) is 0 Å². The van der Waals surface area contributed by atoms with Crippen molar-refractivity contribution in [1.29, 1.82) is 0 Å². The predicted molar refractivity (Wildman–Crippen MR) is 69.1 cm³/mol. The van der Waals surface area contributed by atoms with Crippen LogP contribution in [-0.2, 0) is 9.84 Å². The highest BCUT2D eigenvalue weighted by atomic mass is 32.2. The molecule has 0 unspecified atom stereocenters. The van der Waals surface area contributed by atoms with E-state index >= 15 is 0 Å². The maximum Gasteiger partial charge on any atom is 0.347 e. The molecule has 1 rings (SSSR count). The van der Waals surface area contributed by atoms with Gasteiger partial charge in [0.2, 0.25) is 9.84 Å². The summed E-state index contributed by atoms with van der Waals surface area (Å²) in [5.41, 5.74) is 0. The molecule has 8 heteroatoms. The number of hydrogen-bond acceptors (Lipinski definition) is 5. The third kappa shape index (κ3) is 3.42. The lowest BCUT2D eigenvalue weighted by atomic mass is 10.5. The molecule has 1 amide bonds. The van der Waals surface area contributed by atoms with Gasteiger partial charge in [0, 0.05) is 6.54 Å². The molecular formula is C11H14N4O3S. The molecule has 0 fully saturated rings. The van der Waals surface area contributed by atoms with E-state index in [1.807, 2.05) is 0 Å². The fraction of sp³-hybridized carbons (Fsp3) is 0.364. The molecular weight excluding hydrogens is 268 g/mol. The van der Waals surface area contributed by atoms with Crippen LogP contribution in [0.1, 0.15) is 6.92 Å². The number of sulfone groups is 1. The van der Waals surface area contributed by atoms with E-state index in [2.05, 4.69) is 22.6 Å². The van der Waals surface area contributed by atoms with E-state index in [1.165, 1.54) is 17.9 Å². The van der Waals surface area contributed by atoms with Crippen LogP contribution in [0.25, 0.3) is 0 Å². The first-order valence-corrected chi connectivity index (χ1v) is 7.09. The lowest BCUT2D eigenvalue weighted by Crippen LogP contribution is -2.35. The third-order valence-corrected chi connectivity index (χ3v) is 3.73. The average molecular weight is 282 g/mol.